The highest BCUT2D eigenvalue weighted by Gasteiger charge is 2.16. The van der Waals surface area contributed by atoms with E-state index in [1.54, 1.807) is 6.92 Å². The van der Waals surface area contributed by atoms with Crippen molar-refractivity contribution in [1.29, 1.82) is 0 Å². The molecule has 1 unspecified atom stereocenters. The minimum Gasteiger partial charge on any atom is -0.387 e. The van der Waals surface area contributed by atoms with E-state index in [4.69, 9.17) is 10.7 Å². The van der Waals surface area contributed by atoms with E-state index in [0.717, 1.165) is 30.2 Å². The fraction of sp³-hybridized carbons (Fsp3) is 0.542. The Morgan fingerprint density at radius 2 is 1.93 bits per heavy atom. The van der Waals surface area contributed by atoms with Crippen LogP contribution in [-0.2, 0) is 6.42 Å². The van der Waals surface area contributed by atoms with Crippen LogP contribution in [0, 0.1) is 5.92 Å². The Morgan fingerprint density at radius 3 is 2.53 bits per heavy atom. The van der Waals surface area contributed by atoms with Crippen LogP contribution in [0.15, 0.2) is 29.3 Å². The molecule has 0 fully saturated rings. The van der Waals surface area contributed by atoms with E-state index in [1.165, 1.54) is 5.56 Å². The number of carbonyl (C=O) groups is 1. The van der Waals surface area contributed by atoms with Gasteiger partial charge in [-0.2, -0.15) is 4.99 Å². The molecule has 30 heavy (non-hydrogen) atoms. The number of hydrogen-bond donors (Lipinski definition) is 3. The van der Waals surface area contributed by atoms with Crippen LogP contribution in [0.2, 0.25) is 0 Å². The Hall–Kier alpha value is -2.47. The van der Waals surface area contributed by atoms with Crippen LogP contribution < -0.4 is 16.4 Å². The predicted octanol–water partition coefficient (Wildman–Crippen LogP) is 4.53. The van der Waals surface area contributed by atoms with Crippen molar-refractivity contribution in [3.63, 3.8) is 0 Å². The second-order valence-corrected chi connectivity index (χ2v) is 8.34. The van der Waals surface area contributed by atoms with Crippen molar-refractivity contribution >= 4 is 28.5 Å². The standard InChI is InChI=1S/C24H37N5O/c1-7-18-9-10-22-19(13-18)14-21(24(30)28-17(6)25)23(29-22)26-12-11-20(8-2)27-16(5)15(3)4/h9-10,13-16,20,27H,7-8,11-12H2,1-6H3,(H,26,29)(H2,25,28,30)/t16-,20?/m1/s1. The third-order valence-electron chi connectivity index (χ3n) is 5.57. The number of hydrogen-bond acceptors (Lipinski definition) is 4. The molecule has 2 atom stereocenters. The molecule has 1 heterocycles. The minimum atomic E-state index is -0.368. The number of fused-ring (bicyclic) bond motifs is 1. The van der Waals surface area contributed by atoms with Crippen molar-refractivity contribution in [1.82, 2.24) is 10.3 Å². The second kappa shape index (κ2) is 11.1. The average Bonchev–Trinajstić information content (AvgIpc) is 2.71. The van der Waals surface area contributed by atoms with Gasteiger partial charge in [0.1, 0.15) is 11.7 Å². The van der Waals surface area contributed by atoms with Crippen LogP contribution in [0.3, 0.4) is 0 Å². The quantitative estimate of drug-likeness (QED) is 0.395. The molecule has 0 aliphatic rings. The Morgan fingerprint density at radius 1 is 1.20 bits per heavy atom. The fourth-order valence-electron chi connectivity index (χ4n) is 3.30. The largest absolute Gasteiger partial charge is 0.387 e. The summed E-state index contributed by atoms with van der Waals surface area (Å²) in [5.74, 6) is 1.02. The Kier molecular flexibility index (Phi) is 8.78. The van der Waals surface area contributed by atoms with Crippen molar-refractivity contribution in [3.8, 4) is 0 Å². The van der Waals surface area contributed by atoms with Gasteiger partial charge in [0, 0.05) is 24.0 Å². The van der Waals surface area contributed by atoms with Crippen molar-refractivity contribution in [2.75, 3.05) is 11.9 Å². The molecule has 0 aliphatic carbocycles. The molecule has 4 N–H and O–H groups in total. The number of amides is 1. The monoisotopic (exact) mass is 411 g/mol. The summed E-state index contributed by atoms with van der Waals surface area (Å²) in [6.45, 7) is 13.3. The Bertz CT molecular complexity index is 887. The highest BCUT2D eigenvalue weighted by atomic mass is 16.1. The molecule has 2 rings (SSSR count). The van der Waals surface area contributed by atoms with Crippen molar-refractivity contribution in [2.45, 2.75) is 72.9 Å². The van der Waals surface area contributed by atoms with Crippen LogP contribution in [-0.4, -0.2) is 35.4 Å². The first-order valence-corrected chi connectivity index (χ1v) is 11.0. The number of nitrogens with zero attached hydrogens (tertiary/aromatic N) is 2. The lowest BCUT2D eigenvalue weighted by Crippen LogP contribution is -2.40. The summed E-state index contributed by atoms with van der Waals surface area (Å²) in [7, 11) is 0. The van der Waals surface area contributed by atoms with E-state index in [0.29, 0.717) is 35.9 Å². The van der Waals surface area contributed by atoms with E-state index >= 15 is 0 Å². The number of aliphatic imine (C=N–C) groups is 1. The molecule has 2 aromatic rings. The van der Waals surface area contributed by atoms with Crippen LogP contribution in [0.5, 0.6) is 0 Å². The number of benzene rings is 1. The molecule has 0 bridgehead atoms. The van der Waals surface area contributed by atoms with E-state index in [2.05, 4.69) is 62.4 Å². The zero-order valence-electron chi connectivity index (χ0n) is 19.2. The third kappa shape index (κ3) is 6.52. The zero-order chi connectivity index (χ0) is 22.3. The molecule has 6 heteroatoms. The molecule has 0 saturated heterocycles. The maximum Gasteiger partial charge on any atom is 0.282 e. The summed E-state index contributed by atoms with van der Waals surface area (Å²) in [6, 6.07) is 8.89. The number of nitrogens with two attached hydrogens (primary N) is 1. The topological polar surface area (TPSA) is 92.4 Å². The molecule has 1 aromatic heterocycles. The summed E-state index contributed by atoms with van der Waals surface area (Å²) in [5, 5.41) is 8.00. The normalized spacial score (nSPS) is 14.2. The highest BCUT2D eigenvalue weighted by molar-refractivity contribution is 6.07. The van der Waals surface area contributed by atoms with Gasteiger partial charge in [0.05, 0.1) is 11.1 Å². The molecular weight excluding hydrogens is 374 g/mol. The van der Waals surface area contributed by atoms with Crippen LogP contribution in [0.4, 0.5) is 5.82 Å². The van der Waals surface area contributed by atoms with E-state index in [9.17, 15) is 4.79 Å². The fourth-order valence-corrected chi connectivity index (χ4v) is 3.30. The summed E-state index contributed by atoms with van der Waals surface area (Å²) in [6.07, 6.45) is 2.92. The lowest BCUT2D eigenvalue weighted by atomic mass is 10.0. The lowest BCUT2D eigenvalue weighted by molar-refractivity contribution is 0.100. The number of rotatable bonds is 10. The van der Waals surface area contributed by atoms with Gasteiger partial charge < -0.3 is 16.4 Å². The van der Waals surface area contributed by atoms with Gasteiger partial charge in [0.15, 0.2) is 0 Å². The van der Waals surface area contributed by atoms with E-state index in [1.807, 2.05) is 12.1 Å². The second-order valence-electron chi connectivity index (χ2n) is 8.34. The van der Waals surface area contributed by atoms with Crippen molar-refractivity contribution in [3.05, 3.63) is 35.4 Å². The molecule has 6 nitrogen and oxygen atoms in total. The van der Waals surface area contributed by atoms with Crippen LogP contribution in [0.25, 0.3) is 10.9 Å². The maximum absolute atomic E-state index is 12.7. The number of aryl methyl sites for hydroxylation is 1. The van der Waals surface area contributed by atoms with Crippen LogP contribution >= 0.6 is 0 Å². The molecule has 0 radical (unpaired) electrons. The highest BCUT2D eigenvalue weighted by Crippen LogP contribution is 2.23. The number of aromatic nitrogens is 1. The average molecular weight is 412 g/mol. The number of pyridine rings is 1. The van der Waals surface area contributed by atoms with E-state index in [-0.39, 0.29) is 11.7 Å². The van der Waals surface area contributed by atoms with Gasteiger partial charge in [-0.05, 0) is 62.8 Å². The first kappa shape index (κ1) is 23.8. The Labute approximate surface area is 180 Å². The van der Waals surface area contributed by atoms with Gasteiger partial charge in [-0.25, -0.2) is 4.98 Å². The number of amidine groups is 1. The number of anilines is 1. The van der Waals surface area contributed by atoms with Gasteiger partial charge >= 0.3 is 0 Å². The molecule has 0 saturated carbocycles. The first-order chi connectivity index (χ1) is 14.2. The van der Waals surface area contributed by atoms with Gasteiger partial charge in [-0.3, -0.25) is 4.79 Å². The molecule has 1 aromatic carbocycles. The lowest BCUT2D eigenvalue weighted by Gasteiger charge is -2.25. The molecular formula is C24H37N5O. The van der Waals surface area contributed by atoms with Gasteiger partial charge in [-0.15, -0.1) is 0 Å². The van der Waals surface area contributed by atoms with E-state index < -0.39 is 0 Å². The SMILES string of the molecule is CCc1ccc2nc(NCCC(CC)N[C@H](C)C(C)C)c(C(=O)N=C(C)N)cc2c1. The van der Waals surface area contributed by atoms with Crippen LogP contribution in [0.1, 0.15) is 70.3 Å². The summed E-state index contributed by atoms with van der Waals surface area (Å²) < 4.78 is 0. The van der Waals surface area contributed by atoms with Gasteiger partial charge in [-0.1, -0.05) is 33.8 Å². The minimum absolute atomic E-state index is 0.242. The Balaban J connectivity index is 2.25. The maximum atomic E-state index is 12.7. The smallest absolute Gasteiger partial charge is 0.282 e. The molecule has 1 amide bonds. The number of carbonyl (C=O) groups excluding carboxylic acids is 1. The van der Waals surface area contributed by atoms with Crippen molar-refractivity contribution in [2.24, 2.45) is 16.6 Å². The molecule has 0 spiro atoms. The summed E-state index contributed by atoms with van der Waals surface area (Å²) in [5.41, 5.74) is 8.17. The van der Waals surface area contributed by atoms with Crippen molar-refractivity contribution < 1.29 is 4.79 Å². The summed E-state index contributed by atoms with van der Waals surface area (Å²) in [4.78, 5) is 21.4. The first-order valence-electron chi connectivity index (χ1n) is 11.0. The summed E-state index contributed by atoms with van der Waals surface area (Å²) >= 11 is 0. The molecule has 164 valence electrons. The number of nitrogens with one attached hydrogen (secondary N) is 2. The zero-order valence-corrected chi connectivity index (χ0v) is 19.2. The molecule has 0 aliphatic heterocycles. The predicted molar refractivity (Wildman–Crippen MR) is 127 cm³/mol. The van der Waals surface area contributed by atoms with Gasteiger partial charge in [0.25, 0.3) is 5.91 Å². The van der Waals surface area contributed by atoms with Gasteiger partial charge in [0.2, 0.25) is 0 Å². The third-order valence-corrected chi connectivity index (χ3v) is 5.57.